The molecule has 0 unspecified atom stereocenters. The lowest BCUT2D eigenvalue weighted by Crippen LogP contribution is -2.43. The highest BCUT2D eigenvalue weighted by Crippen LogP contribution is 2.35. The Balaban J connectivity index is 1.60. The molecule has 1 aromatic carbocycles. The highest BCUT2D eigenvalue weighted by Gasteiger charge is 2.51. The van der Waals surface area contributed by atoms with Crippen molar-refractivity contribution in [3.63, 3.8) is 0 Å². The third-order valence-corrected chi connectivity index (χ3v) is 4.22. The molecule has 1 saturated heterocycles. The molecule has 1 saturated carbocycles. The van der Waals surface area contributed by atoms with Gasteiger partial charge < -0.3 is 15.3 Å². The fourth-order valence-corrected chi connectivity index (χ4v) is 2.73. The Morgan fingerprint density at radius 2 is 1.91 bits per heavy atom. The second-order valence-electron chi connectivity index (χ2n) is 5.93. The average Bonchev–Trinajstić information content (AvgIpc) is 3.14. The quantitative estimate of drug-likeness (QED) is 0.852. The number of carbonyl (C=O) groups excluding carboxylic acids is 2. The molecule has 1 aromatic rings. The van der Waals surface area contributed by atoms with E-state index in [-0.39, 0.29) is 18.2 Å². The van der Waals surface area contributed by atoms with Crippen molar-refractivity contribution in [2.45, 2.75) is 37.6 Å². The number of carboxylic acids is 1. The van der Waals surface area contributed by atoms with Crippen molar-refractivity contribution < 1.29 is 19.5 Å². The van der Waals surface area contributed by atoms with Crippen molar-refractivity contribution >= 4 is 23.5 Å². The van der Waals surface area contributed by atoms with Crippen molar-refractivity contribution in [2.75, 3.05) is 11.4 Å². The van der Waals surface area contributed by atoms with Crippen molar-refractivity contribution in [1.82, 2.24) is 5.32 Å². The third-order valence-electron chi connectivity index (χ3n) is 4.22. The molecule has 0 spiro atoms. The number of hydrogen-bond donors (Lipinski definition) is 2. The van der Waals surface area contributed by atoms with Gasteiger partial charge in [0.05, 0.1) is 6.42 Å². The Kier molecular flexibility index (Phi) is 3.60. The summed E-state index contributed by atoms with van der Waals surface area (Å²) in [6, 6.07) is 7.27. The van der Waals surface area contributed by atoms with E-state index >= 15 is 0 Å². The first-order valence-electron chi connectivity index (χ1n) is 7.44. The molecule has 2 aliphatic rings. The molecule has 6 nitrogen and oxygen atoms in total. The number of amides is 2. The molecular formula is C16H18N2O4. The molecule has 1 aliphatic carbocycles. The molecule has 3 rings (SSSR count). The van der Waals surface area contributed by atoms with Crippen LogP contribution in [0.25, 0.3) is 0 Å². The van der Waals surface area contributed by atoms with Crippen LogP contribution in [-0.2, 0) is 20.8 Å². The molecule has 22 heavy (non-hydrogen) atoms. The van der Waals surface area contributed by atoms with Gasteiger partial charge in [-0.25, -0.2) is 4.79 Å². The lowest BCUT2D eigenvalue weighted by Gasteiger charge is -2.16. The molecule has 6 heteroatoms. The van der Waals surface area contributed by atoms with E-state index in [0.29, 0.717) is 19.3 Å². The van der Waals surface area contributed by atoms with Crippen LogP contribution in [0.2, 0.25) is 0 Å². The van der Waals surface area contributed by atoms with E-state index in [1.807, 2.05) is 12.1 Å². The van der Waals surface area contributed by atoms with E-state index in [1.165, 1.54) is 0 Å². The van der Waals surface area contributed by atoms with E-state index < -0.39 is 11.5 Å². The average molecular weight is 302 g/mol. The number of aliphatic carboxylic acids is 1. The van der Waals surface area contributed by atoms with Gasteiger partial charge in [-0.1, -0.05) is 12.1 Å². The summed E-state index contributed by atoms with van der Waals surface area (Å²) in [5.74, 6) is -1.13. The molecule has 1 aliphatic heterocycles. The SMILES string of the molecule is O=C(Cc1ccc(N2CCCC2=O)cc1)NC1(C(=O)O)CC1. The fraction of sp³-hybridized carbons (Fsp3) is 0.438. The Bertz CT molecular complexity index is 620. The van der Waals surface area contributed by atoms with Gasteiger partial charge >= 0.3 is 5.97 Å². The minimum absolute atomic E-state index is 0.127. The highest BCUT2D eigenvalue weighted by molar-refractivity contribution is 5.95. The van der Waals surface area contributed by atoms with Gasteiger partial charge in [0.25, 0.3) is 0 Å². The van der Waals surface area contributed by atoms with Crippen LogP contribution in [0.15, 0.2) is 24.3 Å². The third kappa shape index (κ3) is 2.81. The normalized spacial score (nSPS) is 19.1. The Hall–Kier alpha value is -2.37. The lowest BCUT2D eigenvalue weighted by molar-refractivity contribution is -0.143. The molecule has 0 radical (unpaired) electrons. The van der Waals surface area contributed by atoms with Crippen molar-refractivity contribution in [3.05, 3.63) is 29.8 Å². The minimum Gasteiger partial charge on any atom is -0.480 e. The number of anilines is 1. The second kappa shape index (κ2) is 5.44. The van der Waals surface area contributed by atoms with Crippen molar-refractivity contribution in [2.24, 2.45) is 0 Å². The minimum atomic E-state index is -1.04. The van der Waals surface area contributed by atoms with E-state index in [9.17, 15) is 14.4 Å². The van der Waals surface area contributed by atoms with Crippen LogP contribution in [-0.4, -0.2) is 35.0 Å². The predicted octanol–water partition coefficient (Wildman–Crippen LogP) is 1.09. The number of carbonyl (C=O) groups is 3. The van der Waals surface area contributed by atoms with Crippen LogP contribution in [0.3, 0.4) is 0 Å². The number of carboxylic acid groups (broad SMARTS) is 1. The summed E-state index contributed by atoms with van der Waals surface area (Å²) in [4.78, 5) is 36.4. The smallest absolute Gasteiger partial charge is 0.329 e. The largest absolute Gasteiger partial charge is 0.480 e. The summed E-state index contributed by atoms with van der Waals surface area (Å²) in [5.41, 5.74) is 0.601. The van der Waals surface area contributed by atoms with Crippen molar-refractivity contribution in [1.29, 1.82) is 0 Å². The maximum atomic E-state index is 11.9. The van der Waals surface area contributed by atoms with Gasteiger partial charge in [-0.2, -0.15) is 0 Å². The van der Waals surface area contributed by atoms with Crippen LogP contribution in [0.4, 0.5) is 5.69 Å². The molecule has 0 aromatic heterocycles. The molecule has 0 bridgehead atoms. The van der Waals surface area contributed by atoms with Gasteiger partial charge in [-0.3, -0.25) is 9.59 Å². The highest BCUT2D eigenvalue weighted by atomic mass is 16.4. The van der Waals surface area contributed by atoms with Gasteiger partial charge in [0.1, 0.15) is 5.54 Å². The topological polar surface area (TPSA) is 86.7 Å². The van der Waals surface area contributed by atoms with Crippen LogP contribution >= 0.6 is 0 Å². The molecule has 116 valence electrons. The summed E-state index contributed by atoms with van der Waals surface area (Å²) >= 11 is 0. The van der Waals surface area contributed by atoms with E-state index in [2.05, 4.69) is 5.32 Å². The fourth-order valence-electron chi connectivity index (χ4n) is 2.73. The van der Waals surface area contributed by atoms with Crippen LogP contribution in [0.1, 0.15) is 31.2 Å². The van der Waals surface area contributed by atoms with Gasteiger partial charge in [-0.15, -0.1) is 0 Å². The number of benzene rings is 1. The van der Waals surface area contributed by atoms with E-state index in [4.69, 9.17) is 5.11 Å². The molecule has 2 fully saturated rings. The number of nitrogens with one attached hydrogen (secondary N) is 1. The molecule has 1 heterocycles. The molecule has 2 N–H and O–H groups in total. The summed E-state index contributed by atoms with van der Waals surface area (Å²) in [6.07, 6.45) is 2.58. The zero-order chi connectivity index (χ0) is 15.7. The Morgan fingerprint density at radius 3 is 2.41 bits per heavy atom. The molecular weight excluding hydrogens is 284 g/mol. The zero-order valence-corrected chi connectivity index (χ0v) is 12.2. The maximum Gasteiger partial charge on any atom is 0.329 e. The van der Waals surface area contributed by atoms with Crippen molar-refractivity contribution in [3.8, 4) is 0 Å². The summed E-state index contributed by atoms with van der Waals surface area (Å²) < 4.78 is 0. The Labute approximate surface area is 128 Å². The zero-order valence-electron chi connectivity index (χ0n) is 12.2. The number of rotatable bonds is 5. The predicted molar refractivity (Wildman–Crippen MR) is 79.5 cm³/mol. The van der Waals surface area contributed by atoms with Gasteiger partial charge in [0.2, 0.25) is 11.8 Å². The van der Waals surface area contributed by atoms with Crippen LogP contribution in [0, 0.1) is 0 Å². The lowest BCUT2D eigenvalue weighted by atomic mass is 10.1. The number of nitrogens with zero attached hydrogens (tertiary/aromatic N) is 1. The first-order valence-corrected chi connectivity index (χ1v) is 7.44. The summed E-state index contributed by atoms with van der Waals surface area (Å²) in [5, 5.41) is 11.6. The van der Waals surface area contributed by atoms with E-state index in [1.54, 1.807) is 17.0 Å². The summed E-state index contributed by atoms with van der Waals surface area (Å²) in [7, 11) is 0. The molecule has 2 amide bonds. The van der Waals surface area contributed by atoms with Gasteiger partial charge in [0, 0.05) is 18.7 Å². The first-order chi connectivity index (χ1) is 10.5. The monoisotopic (exact) mass is 302 g/mol. The Morgan fingerprint density at radius 1 is 1.23 bits per heavy atom. The second-order valence-corrected chi connectivity index (χ2v) is 5.93. The summed E-state index contributed by atoms with van der Waals surface area (Å²) in [6.45, 7) is 0.736. The van der Waals surface area contributed by atoms with Gasteiger partial charge in [0.15, 0.2) is 0 Å². The van der Waals surface area contributed by atoms with Crippen LogP contribution < -0.4 is 10.2 Å². The van der Waals surface area contributed by atoms with Crippen LogP contribution in [0.5, 0.6) is 0 Å². The van der Waals surface area contributed by atoms with E-state index in [0.717, 1.165) is 24.2 Å². The molecule has 0 atom stereocenters. The maximum absolute atomic E-state index is 11.9. The standard InChI is InChI=1S/C16H18N2O4/c19-13(17-16(7-8-16)15(21)22)10-11-3-5-12(6-4-11)18-9-1-2-14(18)20/h3-6H,1-2,7-10H2,(H,17,19)(H,21,22). The number of hydrogen-bond acceptors (Lipinski definition) is 3. The van der Waals surface area contributed by atoms with Gasteiger partial charge in [-0.05, 0) is 37.0 Å². The first kappa shape index (κ1) is 14.6.